The van der Waals surface area contributed by atoms with Crippen LogP contribution in [0.25, 0.3) is 0 Å². The molecule has 0 fully saturated rings. The van der Waals surface area contributed by atoms with Gasteiger partial charge in [0.2, 0.25) is 0 Å². The van der Waals surface area contributed by atoms with Crippen molar-refractivity contribution in [3.05, 3.63) is 27.3 Å². The van der Waals surface area contributed by atoms with E-state index in [9.17, 15) is 4.79 Å². The van der Waals surface area contributed by atoms with Crippen LogP contribution in [0.2, 0.25) is 0 Å². The van der Waals surface area contributed by atoms with Crippen LogP contribution in [0.15, 0.2) is 18.2 Å². The molecule has 0 aliphatic heterocycles. The Hall–Kier alpha value is -0.580. The molecule has 0 bridgehead atoms. The molecule has 0 aliphatic rings. The minimum Gasteiger partial charge on any atom is -0.398 e. The van der Waals surface area contributed by atoms with Crippen molar-refractivity contribution in [2.75, 3.05) is 5.73 Å². The largest absolute Gasteiger partial charge is 0.398 e. The number of halogens is 1. The molecule has 0 heterocycles. The Morgan fingerprint density at radius 2 is 2.25 bits per heavy atom. The highest BCUT2D eigenvalue weighted by Gasteiger charge is 2.04. The fourth-order valence-electron chi connectivity index (χ4n) is 0.905. The standard InChI is InChI=1S/C9H10INO/c1-2-9(12)6-3-4-8(11)7(10)5-6/h3-5H,2,11H2,1H3. The van der Waals surface area contributed by atoms with Gasteiger partial charge in [0, 0.05) is 21.2 Å². The van der Waals surface area contributed by atoms with Gasteiger partial charge in [-0.3, -0.25) is 4.79 Å². The Morgan fingerprint density at radius 3 is 2.75 bits per heavy atom. The fraction of sp³-hybridized carbons (Fsp3) is 0.222. The van der Waals surface area contributed by atoms with Gasteiger partial charge >= 0.3 is 0 Å². The summed E-state index contributed by atoms with van der Waals surface area (Å²) in [6.07, 6.45) is 0.542. The molecule has 0 unspecified atom stereocenters. The molecule has 0 saturated carbocycles. The maximum absolute atomic E-state index is 11.2. The number of hydrogen-bond acceptors (Lipinski definition) is 2. The summed E-state index contributed by atoms with van der Waals surface area (Å²) in [5.41, 5.74) is 7.08. The third-order valence-corrected chi connectivity index (χ3v) is 2.58. The highest BCUT2D eigenvalue weighted by Crippen LogP contribution is 2.16. The van der Waals surface area contributed by atoms with Gasteiger partial charge in [-0.25, -0.2) is 0 Å². The van der Waals surface area contributed by atoms with E-state index in [0.29, 0.717) is 6.42 Å². The van der Waals surface area contributed by atoms with Crippen LogP contribution in [0.1, 0.15) is 23.7 Å². The minimum absolute atomic E-state index is 0.160. The van der Waals surface area contributed by atoms with Crippen LogP contribution in [0.4, 0.5) is 5.69 Å². The van der Waals surface area contributed by atoms with Gasteiger partial charge in [0.25, 0.3) is 0 Å². The maximum atomic E-state index is 11.2. The third-order valence-electron chi connectivity index (χ3n) is 1.64. The van der Waals surface area contributed by atoms with Crippen molar-refractivity contribution in [2.24, 2.45) is 0 Å². The van der Waals surface area contributed by atoms with E-state index in [1.165, 1.54) is 0 Å². The first-order valence-electron chi connectivity index (χ1n) is 3.73. The van der Waals surface area contributed by atoms with Crippen LogP contribution in [-0.2, 0) is 0 Å². The van der Waals surface area contributed by atoms with Crippen molar-refractivity contribution in [3.8, 4) is 0 Å². The second-order valence-corrected chi connectivity index (χ2v) is 3.68. The number of carbonyl (C=O) groups is 1. The number of ketones is 1. The van der Waals surface area contributed by atoms with Crippen LogP contribution in [0, 0.1) is 3.57 Å². The molecule has 1 rings (SSSR count). The Balaban J connectivity index is 3.05. The van der Waals surface area contributed by atoms with Crippen molar-refractivity contribution < 1.29 is 4.79 Å². The van der Waals surface area contributed by atoms with E-state index in [1.54, 1.807) is 12.1 Å². The summed E-state index contributed by atoms with van der Waals surface area (Å²) in [4.78, 5) is 11.2. The summed E-state index contributed by atoms with van der Waals surface area (Å²) >= 11 is 2.12. The second-order valence-electron chi connectivity index (χ2n) is 2.51. The molecular formula is C9H10INO. The average Bonchev–Trinajstić information content (AvgIpc) is 2.08. The molecule has 12 heavy (non-hydrogen) atoms. The lowest BCUT2D eigenvalue weighted by Gasteiger charge is -2.00. The summed E-state index contributed by atoms with van der Waals surface area (Å²) in [5.74, 6) is 0.160. The molecule has 1 aromatic rings. The van der Waals surface area contributed by atoms with Gasteiger partial charge < -0.3 is 5.73 Å². The molecule has 2 nitrogen and oxygen atoms in total. The zero-order chi connectivity index (χ0) is 9.14. The van der Waals surface area contributed by atoms with E-state index in [2.05, 4.69) is 22.6 Å². The molecule has 1 aromatic carbocycles. The molecule has 0 aromatic heterocycles. The predicted molar refractivity (Wildman–Crippen MR) is 58.2 cm³/mol. The first kappa shape index (κ1) is 9.51. The van der Waals surface area contributed by atoms with Crippen molar-refractivity contribution in [1.82, 2.24) is 0 Å². The lowest BCUT2D eigenvalue weighted by atomic mass is 10.1. The third kappa shape index (κ3) is 1.97. The number of carbonyl (C=O) groups excluding carboxylic acids is 1. The van der Waals surface area contributed by atoms with E-state index < -0.39 is 0 Å². The number of benzene rings is 1. The Kier molecular flexibility index (Phi) is 3.08. The van der Waals surface area contributed by atoms with Crippen molar-refractivity contribution in [3.63, 3.8) is 0 Å². The second kappa shape index (κ2) is 3.89. The highest BCUT2D eigenvalue weighted by atomic mass is 127. The summed E-state index contributed by atoms with van der Waals surface area (Å²) in [6, 6.07) is 5.36. The molecule has 0 atom stereocenters. The van der Waals surface area contributed by atoms with Crippen molar-refractivity contribution in [1.29, 1.82) is 0 Å². The van der Waals surface area contributed by atoms with E-state index in [4.69, 9.17) is 5.73 Å². The fourth-order valence-corrected chi connectivity index (χ4v) is 1.42. The van der Waals surface area contributed by atoms with Crippen molar-refractivity contribution in [2.45, 2.75) is 13.3 Å². The molecule has 0 spiro atoms. The number of nitrogen functional groups attached to an aromatic ring is 1. The highest BCUT2D eigenvalue weighted by molar-refractivity contribution is 14.1. The number of hydrogen-bond donors (Lipinski definition) is 1. The molecule has 0 aliphatic carbocycles. The average molecular weight is 275 g/mol. The molecule has 64 valence electrons. The van der Waals surface area contributed by atoms with Crippen LogP contribution >= 0.6 is 22.6 Å². The lowest BCUT2D eigenvalue weighted by molar-refractivity contribution is 0.0988. The van der Waals surface area contributed by atoms with Gasteiger partial charge in [0.1, 0.15) is 0 Å². The van der Waals surface area contributed by atoms with Crippen molar-refractivity contribution >= 4 is 34.1 Å². The van der Waals surface area contributed by atoms with Gasteiger partial charge in [0.15, 0.2) is 5.78 Å². The number of nitrogens with two attached hydrogens (primary N) is 1. The van der Waals surface area contributed by atoms with Crippen LogP contribution in [0.5, 0.6) is 0 Å². The van der Waals surface area contributed by atoms with E-state index in [1.807, 2.05) is 13.0 Å². The Labute approximate surface area is 85.3 Å². The summed E-state index contributed by atoms with van der Waals surface area (Å²) in [6.45, 7) is 1.85. The molecule has 0 amide bonds. The smallest absolute Gasteiger partial charge is 0.162 e. The minimum atomic E-state index is 0.160. The molecule has 0 saturated heterocycles. The number of anilines is 1. The van der Waals surface area contributed by atoms with Gasteiger partial charge in [-0.15, -0.1) is 0 Å². The van der Waals surface area contributed by atoms with Crippen LogP contribution in [-0.4, -0.2) is 5.78 Å². The number of Topliss-reactive ketones (excluding diaryl/α,β-unsaturated/α-hetero) is 1. The molecule has 0 radical (unpaired) electrons. The first-order valence-corrected chi connectivity index (χ1v) is 4.81. The normalized spacial score (nSPS) is 9.83. The van der Waals surface area contributed by atoms with Gasteiger partial charge in [-0.1, -0.05) is 6.92 Å². The van der Waals surface area contributed by atoms with E-state index >= 15 is 0 Å². The Morgan fingerprint density at radius 1 is 1.58 bits per heavy atom. The zero-order valence-corrected chi connectivity index (χ0v) is 8.96. The predicted octanol–water partition coefficient (Wildman–Crippen LogP) is 2.47. The summed E-state index contributed by atoms with van der Waals surface area (Å²) in [5, 5.41) is 0. The molecular weight excluding hydrogens is 265 g/mol. The SMILES string of the molecule is CCC(=O)c1ccc(N)c(I)c1. The van der Waals surface area contributed by atoms with Gasteiger partial charge in [-0.05, 0) is 40.8 Å². The topological polar surface area (TPSA) is 43.1 Å². The summed E-state index contributed by atoms with van der Waals surface area (Å²) in [7, 11) is 0. The lowest BCUT2D eigenvalue weighted by Crippen LogP contribution is -1.98. The molecule has 3 heteroatoms. The maximum Gasteiger partial charge on any atom is 0.162 e. The quantitative estimate of drug-likeness (QED) is 0.512. The summed E-state index contributed by atoms with van der Waals surface area (Å²) < 4.78 is 0.937. The van der Waals surface area contributed by atoms with E-state index in [0.717, 1.165) is 14.8 Å². The monoisotopic (exact) mass is 275 g/mol. The Bertz CT molecular complexity index is 309. The van der Waals surface area contributed by atoms with Crippen LogP contribution in [0.3, 0.4) is 0 Å². The first-order chi connectivity index (χ1) is 5.65. The molecule has 2 N–H and O–H groups in total. The van der Waals surface area contributed by atoms with Crippen LogP contribution < -0.4 is 5.73 Å². The number of rotatable bonds is 2. The zero-order valence-electron chi connectivity index (χ0n) is 6.80. The van der Waals surface area contributed by atoms with Gasteiger partial charge in [0.05, 0.1) is 0 Å². The van der Waals surface area contributed by atoms with Gasteiger partial charge in [-0.2, -0.15) is 0 Å². The van der Waals surface area contributed by atoms with E-state index in [-0.39, 0.29) is 5.78 Å².